The third-order valence-electron chi connectivity index (χ3n) is 4.55. The van der Waals surface area contributed by atoms with Crippen LogP contribution in [0.3, 0.4) is 0 Å². The minimum absolute atomic E-state index is 0.569. The van der Waals surface area contributed by atoms with Gasteiger partial charge in [0.05, 0.1) is 17.2 Å². The normalized spacial score (nSPS) is 17.2. The van der Waals surface area contributed by atoms with Crippen LogP contribution in [-0.4, -0.2) is 54.6 Å². The van der Waals surface area contributed by atoms with E-state index in [4.69, 9.17) is 4.99 Å². The van der Waals surface area contributed by atoms with Crippen LogP contribution >= 0.6 is 11.3 Å². The molecule has 2 rings (SSSR count). The lowest BCUT2D eigenvalue weighted by molar-refractivity contribution is 0.218. The van der Waals surface area contributed by atoms with Gasteiger partial charge < -0.3 is 10.6 Å². The van der Waals surface area contributed by atoms with E-state index in [-0.39, 0.29) is 0 Å². The number of aromatic nitrogens is 1. The van der Waals surface area contributed by atoms with Crippen LogP contribution in [0.15, 0.2) is 10.4 Å². The van der Waals surface area contributed by atoms with E-state index in [1.165, 1.54) is 38.0 Å². The summed E-state index contributed by atoms with van der Waals surface area (Å²) in [5, 5.41) is 10.1. The fraction of sp³-hybridized carbons (Fsp3) is 0.789. The van der Waals surface area contributed by atoms with Gasteiger partial charge in [0.1, 0.15) is 0 Å². The molecule has 0 bridgehead atoms. The van der Waals surface area contributed by atoms with E-state index < -0.39 is 0 Å². The minimum atomic E-state index is 0.569. The van der Waals surface area contributed by atoms with E-state index in [1.807, 2.05) is 0 Å². The van der Waals surface area contributed by atoms with Crippen LogP contribution in [0.25, 0.3) is 0 Å². The number of nitrogens with zero attached hydrogens (tertiary/aromatic N) is 3. The molecule has 1 aliphatic heterocycles. The van der Waals surface area contributed by atoms with E-state index in [0.29, 0.717) is 12.0 Å². The monoisotopic (exact) mass is 365 g/mol. The molecule has 25 heavy (non-hydrogen) atoms. The van der Waals surface area contributed by atoms with Crippen molar-refractivity contribution in [1.82, 2.24) is 20.5 Å². The first-order valence-electron chi connectivity index (χ1n) is 9.75. The maximum Gasteiger partial charge on any atom is 0.191 e. The lowest BCUT2D eigenvalue weighted by Gasteiger charge is -2.28. The molecule has 142 valence electrons. The number of hydrogen-bond acceptors (Lipinski definition) is 4. The molecule has 2 N–H and O–H groups in total. The topological polar surface area (TPSA) is 52.6 Å². The summed E-state index contributed by atoms with van der Waals surface area (Å²) in [6.45, 7) is 13.9. The Kier molecular flexibility index (Phi) is 8.68. The van der Waals surface area contributed by atoms with Gasteiger partial charge in [0.25, 0.3) is 0 Å². The molecule has 1 aromatic heterocycles. The van der Waals surface area contributed by atoms with Gasteiger partial charge in [0, 0.05) is 30.9 Å². The molecule has 0 aliphatic carbocycles. The lowest BCUT2D eigenvalue weighted by Crippen LogP contribution is -2.41. The zero-order chi connectivity index (χ0) is 18.1. The number of aryl methyl sites for hydroxylation is 1. The second-order valence-electron chi connectivity index (χ2n) is 7.28. The number of nitrogens with one attached hydrogen (secondary N) is 2. The third kappa shape index (κ3) is 7.32. The van der Waals surface area contributed by atoms with Crippen LogP contribution in [-0.2, 0) is 6.42 Å². The van der Waals surface area contributed by atoms with Gasteiger partial charge in [0.15, 0.2) is 5.96 Å². The number of thiazole rings is 1. The van der Waals surface area contributed by atoms with Crippen molar-refractivity contribution in [3.63, 3.8) is 0 Å². The van der Waals surface area contributed by atoms with Crippen molar-refractivity contribution in [2.45, 2.75) is 59.4 Å². The van der Waals surface area contributed by atoms with E-state index in [1.54, 1.807) is 11.3 Å². The zero-order valence-electron chi connectivity index (χ0n) is 16.3. The first kappa shape index (κ1) is 20.2. The predicted molar refractivity (Wildman–Crippen MR) is 109 cm³/mol. The van der Waals surface area contributed by atoms with Gasteiger partial charge in [-0.1, -0.05) is 13.8 Å². The number of aliphatic imine (C=N–C) groups is 1. The van der Waals surface area contributed by atoms with Gasteiger partial charge in [-0.05, 0) is 52.1 Å². The molecule has 1 atom stereocenters. The minimum Gasteiger partial charge on any atom is -0.357 e. The van der Waals surface area contributed by atoms with Crippen LogP contribution in [0.4, 0.5) is 0 Å². The molecule has 2 heterocycles. The van der Waals surface area contributed by atoms with E-state index in [9.17, 15) is 0 Å². The van der Waals surface area contributed by atoms with Crippen LogP contribution in [0, 0.1) is 12.8 Å². The van der Waals surface area contributed by atoms with E-state index in [2.05, 4.69) is 53.6 Å². The number of rotatable bonds is 9. The number of likely N-dealkylation sites (tertiary alicyclic amines) is 1. The molecular formula is C19H35N5S. The Morgan fingerprint density at radius 1 is 1.32 bits per heavy atom. The maximum atomic E-state index is 4.88. The fourth-order valence-electron chi connectivity index (χ4n) is 3.36. The Bertz CT molecular complexity index is 520. The van der Waals surface area contributed by atoms with Crippen LogP contribution < -0.4 is 10.6 Å². The lowest BCUT2D eigenvalue weighted by atomic mass is 10.0. The van der Waals surface area contributed by atoms with Gasteiger partial charge in [0.2, 0.25) is 0 Å². The quantitative estimate of drug-likeness (QED) is 0.522. The van der Waals surface area contributed by atoms with Gasteiger partial charge >= 0.3 is 0 Å². The molecule has 1 aromatic rings. The number of guanidine groups is 1. The van der Waals surface area contributed by atoms with Crippen molar-refractivity contribution < 1.29 is 0 Å². The highest BCUT2D eigenvalue weighted by molar-refractivity contribution is 7.09. The highest BCUT2D eigenvalue weighted by Crippen LogP contribution is 2.18. The van der Waals surface area contributed by atoms with Crippen molar-refractivity contribution in [2.24, 2.45) is 10.9 Å². The van der Waals surface area contributed by atoms with E-state index >= 15 is 0 Å². The molecule has 0 spiro atoms. The highest BCUT2D eigenvalue weighted by atomic mass is 32.1. The average Bonchev–Trinajstić information content (AvgIpc) is 3.22. The molecule has 0 saturated carbocycles. The summed E-state index contributed by atoms with van der Waals surface area (Å²) in [5.41, 5.74) is 1.17. The SMILES string of the molecule is CCNC(=NCC(CC(C)C)N1CCCC1)NCCc1csc(C)n1. The van der Waals surface area contributed by atoms with Crippen LogP contribution in [0.5, 0.6) is 0 Å². The standard InChI is InChI=1S/C19H35N5S/c1-5-20-19(21-9-8-17-14-25-16(4)23-17)22-13-18(12-15(2)3)24-10-6-7-11-24/h14-15,18H,5-13H2,1-4H3,(H2,20,21,22). The van der Waals surface area contributed by atoms with Crippen molar-refractivity contribution in [2.75, 3.05) is 32.7 Å². The molecule has 0 radical (unpaired) electrons. The molecule has 1 saturated heterocycles. The summed E-state index contributed by atoms with van der Waals surface area (Å²) in [6.07, 6.45) is 4.84. The predicted octanol–water partition coefficient (Wildman–Crippen LogP) is 3.06. The molecule has 0 amide bonds. The van der Waals surface area contributed by atoms with Crippen LogP contribution in [0.2, 0.25) is 0 Å². The summed E-state index contributed by atoms with van der Waals surface area (Å²) in [7, 11) is 0. The summed E-state index contributed by atoms with van der Waals surface area (Å²) in [4.78, 5) is 12.0. The smallest absolute Gasteiger partial charge is 0.191 e. The molecule has 1 unspecified atom stereocenters. The highest BCUT2D eigenvalue weighted by Gasteiger charge is 2.22. The third-order valence-corrected chi connectivity index (χ3v) is 5.37. The average molecular weight is 366 g/mol. The van der Waals surface area contributed by atoms with Gasteiger partial charge in [-0.2, -0.15) is 0 Å². The van der Waals surface area contributed by atoms with Crippen LogP contribution in [0.1, 0.15) is 50.7 Å². The van der Waals surface area contributed by atoms with Gasteiger partial charge in [-0.15, -0.1) is 11.3 Å². The van der Waals surface area contributed by atoms with Crippen molar-refractivity contribution >= 4 is 17.3 Å². The zero-order valence-corrected chi connectivity index (χ0v) is 17.2. The Morgan fingerprint density at radius 2 is 2.08 bits per heavy atom. The largest absolute Gasteiger partial charge is 0.357 e. The Hall–Kier alpha value is -1.14. The molecule has 5 nitrogen and oxygen atoms in total. The van der Waals surface area contributed by atoms with Crippen molar-refractivity contribution in [1.29, 1.82) is 0 Å². The van der Waals surface area contributed by atoms with E-state index in [0.717, 1.165) is 37.0 Å². The van der Waals surface area contributed by atoms with Crippen molar-refractivity contribution in [3.05, 3.63) is 16.1 Å². The van der Waals surface area contributed by atoms with Gasteiger partial charge in [-0.25, -0.2) is 4.98 Å². The number of hydrogen-bond donors (Lipinski definition) is 2. The second kappa shape index (κ2) is 10.8. The first-order chi connectivity index (χ1) is 12.1. The Balaban J connectivity index is 1.86. The first-order valence-corrected chi connectivity index (χ1v) is 10.6. The Labute approximate surface area is 157 Å². The fourth-order valence-corrected chi connectivity index (χ4v) is 4.01. The summed E-state index contributed by atoms with van der Waals surface area (Å²) in [6, 6.07) is 0.569. The second-order valence-corrected chi connectivity index (χ2v) is 8.34. The van der Waals surface area contributed by atoms with Crippen molar-refractivity contribution in [3.8, 4) is 0 Å². The summed E-state index contributed by atoms with van der Waals surface area (Å²) >= 11 is 1.72. The maximum absolute atomic E-state index is 4.88. The Morgan fingerprint density at radius 3 is 2.68 bits per heavy atom. The molecule has 0 aromatic carbocycles. The molecular weight excluding hydrogens is 330 g/mol. The van der Waals surface area contributed by atoms with Gasteiger partial charge in [-0.3, -0.25) is 9.89 Å². The molecule has 6 heteroatoms. The molecule has 1 aliphatic rings. The summed E-state index contributed by atoms with van der Waals surface area (Å²) in [5.74, 6) is 1.65. The summed E-state index contributed by atoms with van der Waals surface area (Å²) < 4.78 is 0. The molecule has 1 fully saturated rings.